The topological polar surface area (TPSA) is 46.2 Å². The van der Waals surface area contributed by atoms with E-state index >= 15 is 0 Å². The Kier molecular flexibility index (Phi) is 4.74. The van der Waals surface area contributed by atoms with Crippen molar-refractivity contribution in [3.8, 4) is 0 Å². The maximum Gasteiger partial charge on any atom is 0.243 e. The minimum atomic E-state index is -3.81. The smallest absolute Gasteiger partial charge is 0.207 e. The number of halogens is 3. The fourth-order valence-electron chi connectivity index (χ4n) is 2.25. The Bertz CT molecular complexity index is 823. The highest BCUT2D eigenvalue weighted by atomic mass is 35.5. The second-order valence-corrected chi connectivity index (χ2v) is 9.79. The average Bonchev–Trinajstić information content (AvgIpc) is 2.79. The van der Waals surface area contributed by atoms with Crippen LogP contribution in [-0.2, 0) is 10.0 Å². The molecule has 3 rings (SSSR count). The molecule has 0 spiro atoms. The molecule has 1 aromatic heterocycles. The van der Waals surface area contributed by atoms with Crippen LogP contribution in [0.2, 0.25) is 8.67 Å². The Morgan fingerprint density at radius 2 is 2.05 bits per heavy atom. The highest BCUT2D eigenvalue weighted by Gasteiger charge is 2.28. The number of nitrogens with one attached hydrogen (secondary N) is 1. The number of hydrogen-bond acceptors (Lipinski definition) is 4. The van der Waals surface area contributed by atoms with Crippen LogP contribution in [0.15, 0.2) is 34.1 Å². The number of rotatable bonds is 3. The Labute approximate surface area is 145 Å². The normalized spacial score (nSPS) is 18.2. The Morgan fingerprint density at radius 1 is 1.27 bits per heavy atom. The standard InChI is InChI=1S/C13H10Cl2FNO2S3/c14-12-6-11(13(15)21-12)22(18,19)17-9-3-4-20-10-2-1-7(16)5-8(9)10/h1-2,5-6,9,17H,3-4H2. The van der Waals surface area contributed by atoms with Gasteiger partial charge < -0.3 is 0 Å². The third-order valence-corrected chi connectivity index (χ3v) is 7.57. The lowest BCUT2D eigenvalue weighted by Gasteiger charge is -2.25. The van der Waals surface area contributed by atoms with E-state index < -0.39 is 16.1 Å². The van der Waals surface area contributed by atoms with E-state index in [1.165, 1.54) is 18.2 Å². The van der Waals surface area contributed by atoms with Crippen molar-refractivity contribution in [3.05, 3.63) is 44.3 Å². The molecule has 0 aliphatic carbocycles. The minimum absolute atomic E-state index is 0.0413. The van der Waals surface area contributed by atoms with Gasteiger partial charge in [-0.25, -0.2) is 17.5 Å². The van der Waals surface area contributed by atoms with Crippen LogP contribution >= 0.6 is 46.3 Å². The maximum absolute atomic E-state index is 13.5. The van der Waals surface area contributed by atoms with E-state index in [-0.39, 0.29) is 15.0 Å². The summed E-state index contributed by atoms with van der Waals surface area (Å²) >= 11 is 14.3. The van der Waals surface area contributed by atoms with Crippen LogP contribution in [0.1, 0.15) is 18.0 Å². The summed E-state index contributed by atoms with van der Waals surface area (Å²) in [7, 11) is -3.81. The van der Waals surface area contributed by atoms with Crippen LogP contribution in [0.25, 0.3) is 0 Å². The van der Waals surface area contributed by atoms with Gasteiger partial charge in [0.05, 0.1) is 4.34 Å². The molecule has 1 N–H and O–H groups in total. The van der Waals surface area contributed by atoms with Gasteiger partial charge in [-0.1, -0.05) is 23.2 Å². The van der Waals surface area contributed by atoms with Crippen LogP contribution in [0.5, 0.6) is 0 Å². The van der Waals surface area contributed by atoms with Gasteiger partial charge >= 0.3 is 0 Å². The second-order valence-electron chi connectivity index (χ2n) is 4.68. The summed E-state index contributed by atoms with van der Waals surface area (Å²) in [6, 6.07) is 5.26. The van der Waals surface area contributed by atoms with Crippen LogP contribution in [0.4, 0.5) is 4.39 Å². The fraction of sp³-hybridized carbons (Fsp3) is 0.231. The number of hydrogen-bond donors (Lipinski definition) is 1. The molecule has 2 aromatic rings. The maximum atomic E-state index is 13.5. The molecule has 0 saturated heterocycles. The molecule has 1 aliphatic rings. The van der Waals surface area contributed by atoms with E-state index in [2.05, 4.69) is 4.72 Å². The van der Waals surface area contributed by atoms with Crippen molar-refractivity contribution in [2.45, 2.75) is 22.3 Å². The molecule has 1 aliphatic heterocycles. The molecule has 1 aromatic carbocycles. The number of benzene rings is 1. The van der Waals surface area contributed by atoms with Gasteiger partial charge in [0.25, 0.3) is 0 Å². The predicted molar refractivity (Wildman–Crippen MR) is 89.1 cm³/mol. The molecular formula is C13H10Cl2FNO2S3. The molecule has 1 atom stereocenters. The Balaban J connectivity index is 1.94. The van der Waals surface area contributed by atoms with Crippen molar-refractivity contribution in [1.82, 2.24) is 4.72 Å². The molecule has 0 fully saturated rings. The van der Waals surface area contributed by atoms with E-state index in [1.54, 1.807) is 17.8 Å². The first-order valence-corrected chi connectivity index (χ1v) is 10.3. The van der Waals surface area contributed by atoms with Gasteiger partial charge in [0.2, 0.25) is 10.0 Å². The monoisotopic (exact) mass is 397 g/mol. The highest BCUT2D eigenvalue weighted by Crippen LogP contribution is 2.39. The first-order valence-electron chi connectivity index (χ1n) is 6.26. The molecule has 118 valence electrons. The lowest BCUT2D eigenvalue weighted by atomic mass is 10.0. The second kappa shape index (κ2) is 6.30. The molecular weight excluding hydrogens is 388 g/mol. The highest BCUT2D eigenvalue weighted by molar-refractivity contribution is 7.99. The lowest BCUT2D eigenvalue weighted by Crippen LogP contribution is -2.30. The fourth-order valence-corrected chi connectivity index (χ4v) is 6.75. The third-order valence-electron chi connectivity index (χ3n) is 3.22. The average molecular weight is 398 g/mol. The van der Waals surface area contributed by atoms with E-state index in [0.29, 0.717) is 16.3 Å². The number of thioether (sulfide) groups is 1. The van der Waals surface area contributed by atoms with Gasteiger partial charge in [-0.15, -0.1) is 23.1 Å². The minimum Gasteiger partial charge on any atom is -0.207 e. The van der Waals surface area contributed by atoms with Gasteiger partial charge in [0.15, 0.2) is 0 Å². The van der Waals surface area contributed by atoms with Gasteiger partial charge in [-0.05, 0) is 42.0 Å². The van der Waals surface area contributed by atoms with Crippen molar-refractivity contribution in [1.29, 1.82) is 0 Å². The summed E-state index contributed by atoms with van der Waals surface area (Å²) in [5, 5.41) is 0. The van der Waals surface area contributed by atoms with Crippen LogP contribution in [0.3, 0.4) is 0 Å². The first kappa shape index (κ1) is 16.5. The zero-order chi connectivity index (χ0) is 15.9. The summed E-state index contributed by atoms with van der Waals surface area (Å²) in [5.74, 6) is 0.367. The van der Waals surface area contributed by atoms with Crippen LogP contribution < -0.4 is 4.72 Å². The Morgan fingerprint density at radius 3 is 2.73 bits per heavy atom. The summed E-state index contributed by atoms with van der Waals surface area (Å²) in [6.07, 6.45) is 0.579. The van der Waals surface area contributed by atoms with E-state index in [9.17, 15) is 12.8 Å². The SMILES string of the molecule is O=S(=O)(NC1CCSc2ccc(F)cc21)c1cc(Cl)sc1Cl. The van der Waals surface area contributed by atoms with Crippen molar-refractivity contribution in [2.75, 3.05) is 5.75 Å². The molecule has 0 amide bonds. The lowest BCUT2D eigenvalue weighted by molar-refractivity contribution is 0.542. The molecule has 9 heteroatoms. The summed E-state index contributed by atoms with van der Waals surface area (Å²) in [4.78, 5) is 0.843. The molecule has 0 radical (unpaired) electrons. The van der Waals surface area contributed by atoms with E-state index in [1.807, 2.05) is 0 Å². The molecule has 22 heavy (non-hydrogen) atoms. The van der Waals surface area contributed by atoms with Crippen molar-refractivity contribution < 1.29 is 12.8 Å². The van der Waals surface area contributed by atoms with Gasteiger partial charge in [-0.3, -0.25) is 0 Å². The molecule has 3 nitrogen and oxygen atoms in total. The quantitative estimate of drug-likeness (QED) is 0.815. The van der Waals surface area contributed by atoms with Crippen molar-refractivity contribution >= 4 is 56.3 Å². The van der Waals surface area contributed by atoms with Gasteiger partial charge in [-0.2, -0.15) is 0 Å². The van der Waals surface area contributed by atoms with Crippen LogP contribution in [-0.4, -0.2) is 14.2 Å². The zero-order valence-electron chi connectivity index (χ0n) is 11.0. The van der Waals surface area contributed by atoms with Crippen molar-refractivity contribution in [3.63, 3.8) is 0 Å². The third kappa shape index (κ3) is 3.29. The zero-order valence-corrected chi connectivity index (χ0v) is 14.9. The van der Waals surface area contributed by atoms with E-state index in [0.717, 1.165) is 22.0 Å². The number of thiophene rings is 1. The number of sulfonamides is 1. The number of fused-ring (bicyclic) bond motifs is 1. The van der Waals surface area contributed by atoms with Gasteiger partial charge in [0, 0.05) is 10.9 Å². The van der Waals surface area contributed by atoms with Crippen LogP contribution in [0, 0.1) is 5.82 Å². The van der Waals surface area contributed by atoms with Crippen molar-refractivity contribution in [2.24, 2.45) is 0 Å². The first-order chi connectivity index (χ1) is 10.4. The largest absolute Gasteiger partial charge is 0.243 e. The Hall–Kier alpha value is -0.310. The predicted octanol–water partition coefficient (Wildman–Crippen LogP) is 4.71. The summed E-state index contributed by atoms with van der Waals surface area (Å²) in [6.45, 7) is 0. The molecule has 0 saturated carbocycles. The molecule has 1 unspecified atom stereocenters. The molecule has 2 heterocycles. The summed E-state index contributed by atoms with van der Waals surface area (Å²) < 4.78 is 41.5. The van der Waals surface area contributed by atoms with Gasteiger partial charge in [0.1, 0.15) is 15.0 Å². The summed E-state index contributed by atoms with van der Waals surface area (Å²) in [5.41, 5.74) is 0.650. The van der Waals surface area contributed by atoms with E-state index in [4.69, 9.17) is 23.2 Å². The molecule has 0 bridgehead atoms.